The van der Waals surface area contributed by atoms with E-state index in [0.29, 0.717) is 0 Å². The van der Waals surface area contributed by atoms with E-state index >= 15 is 0 Å². The van der Waals surface area contributed by atoms with Crippen molar-refractivity contribution in [3.8, 4) is 5.75 Å². The number of phenols is 1. The molecule has 0 atom stereocenters. The molecule has 0 bridgehead atoms. The lowest BCUT2D eigenvalue weighted by Gasteiger charge is -2.08. The molecular formula is C8H6F3NO2. The van der Waals surface area contributed by atoms with Crippen LogP contribution < -0.4 is 5.32 Å². The number of alkyl halides is 3. The van der Waals surface area contributed by atoms with Crippen molar-refractivity contribution in [2.45, 2.75) is 6.30 Å². The van der Waals surface area contributed by atoms with Crippen molar-refractivity contribution in [2.24, 2.45) is 0 Å². The van der Waals surface area contributed by atoms with Crippen molar-refractivity contribution in [1.82, 2.24) is 5.32 Å². The van der Waals surface area contributed by atoms with Gasteiger partial charge in [0, 0.05) is 0 Å². The van der Waals surface area contributed by atoms with Gasteiger partial charge in [-0.1, -0.05) is 12.1 Å². The van der Waals surface area contributed by atoms with Gasteiger partial charge in [-0.3, -0.25) is 10.1 Å². The second-order valence-electron chi connectivity index (χ2n) is 2.47. The average Bonchev–Trinajstić information content (AvgIpc) is 2.01. The first kappa shape index (κ1) is 10.4. The Morgan fingerprint density at radius 2 is 1.86 bits per heavy atom. The quantitative estimate of drug-likeness (QED) is 0.684. The molecule has 0 aliphatic heterocycles. The monoisotopic (exact) mass is 205 g/mol. The van der Waals surface area contributed by atoms with Crippen molar-refractivity contribution < 1.29 is 23.1 Å². The van der Waals surface area contributed by atoms with Gasteiger partial charge in [-0.15, -0.1) is 0 Å². The fourth-order valence-electron chi connectivity index (χ4n) is 0.862. The van der Waals surface area contributed by atoms with Gasteiger partial charge in [-0.05, 0) is 12.1 Å². The number of phenolic OH excluding ortho intramolecular Hbond substituents is 1. The molecule has 1 rings (SSSR count). The molecule has 1 aromatic carbocycles. The molecule has 0 aliphatic rings. The van der Waals surface area contributed by atoms with Gasteiger partial charge in [0.05, 0.1) is 5.56 Å². The molecule has 1 aromatic rings. The van der Waals surface area contributed by atoms with Gasteiger partial charge >= 0.3 is 6.30 Å². The van der Waals surface area contributed by atoms with Gasteiger partial charge < -0.3 is 5.11 Å². The van der Waals surface area contributed by atoms with E-state index in [0.717, 1.165) is 17.4 Å². The van der Waals surface area contributed by atoms with Crippen molar-refractivity contribution in [3.05, 3.63) is 29.8 Å². The van der Waals surface area contributed by atoms with E-state index in [2.05, 4.69) is 0 Å². The molecule has 14 heavy (non-hydrogen) atoms. The molecule has 1 amide bonds. The highest BCUT2D eigenvalue weighted by Gasteiger charge is 2.31. The Morgan fingerprint density at radius 1 is 1.29 bits per heavy atom. The number of rotatable bonds is 1. The summed E-state index contributed by atoms with van der Waals surface area (Å²) in [7, 11) is 0. The maximum Gasteiger partial charge on any atom is 0.484 e. The predicted octanol–water partition coefficient (Wildman–Crippen LogP) is 1.64. The third kappa shape index (κ3) is 2.65. The molecule has 2 N–H and O–H groups in total. The third-order valence-electron chi connectivity index (χ3n) is 1.40. The lowest BCUT2D eigenvalue weighted by atomic mass is 10.2. The minimum Gasteiger partial charge on any atom is -0.507 e. The summed E-state index contributed by atoms with van der Waals surface area (Å²) in [6.07, 6.45) is -4.79. The van der Waals surface area contributed by atoms with E-state index in [1.54, 1.807) is 0 Å². The van der Waals surface area contributed by atoms with Crippen molar-refractivity contribution in [3.63, 3.8) is 0 Å². The van der Waals surface area contributed by atoms with Crippen LogP contribution in [0.5, 0.6) is 5.75 Å². The Morgan fingerprint density at radius 3 is 2.36 bits per heavy atom. The third-order valence-corrected chi connectivity index (χ3v) is 1.40. The van der Waals surface area contributed by atoms with Gasteiger partial charge in [0.2, 0.25) is 0 Å². The summed E-state index contributed by atoms with van der Waals surface area (Å²) in [4.78, 5) is 10.9. The Bertz CT molecular complexity index is 349. The van der Waals surface area contributed by atoms with E-state index in [1.807, 2.05) is 0 Å². The number of benzene rings is 1. The Labute approximate surface area is 77.2 Å². The van der Waals surface area contributed by atoms with E-state index in [9.17, 15) is 18.0 Å². The molecule has 0 heterocycles. The molecule has 0 radical (unpaired) electrons. The second kappa shape index (κ2) is 3.57. The zero-order valence-electron chi connectivity index (χ0n) is 6.80. The summed E-state index contributed by atoms with van der Waals surface area (Å²) in [5.74, 6) is -1.87. The van der Waals surface area contributed by atoms with Crippen LogP contribution in [0.4, 0.5) is 13.2 Å². The molecule has 3 nitrogen and oxygen atoms in total. The maximum absolute atomic E-state index is 11.7. The summed E-state index contributed by atoms with van der Waals surface area (Å²) in [5.41, 5.74) is -0.412. The zero-order chi connectivity index (χ0) is 10.8. The molecule has 0 unspecified atom stereocenters. The summed E-state index contributed by atoms with van der Waals surface area (Å²) >= 11 is 0. The van der Waals surface area contributed by atoms with Crippen LogP contribution in [0.3, 0.4) is 0 Å². The zero-order valence-corrected chi connectivity index (χ0v) is 6.80. The van der Waals surface area contributed by atoms with Gasteiger partial charge in [-0.2, -0.15) is 13.2 Å². The van der Waals surface area contributed by atoms with Gasteiger partial charge in [0.25, 0.3) is 5.91 Å². The molecular weight excluding hydrogens is 199 g/mol. The molecule has 0 aromatic heterocycles. The number of hydrogen-bond donors (Lipinski definition) is 2. The topological polar surface area (TPSA) is 49.3 Å². The molecule has 0 fully saturated rings. The van der Waals surface area contributed by atoms with E-state index < -0.39 is 23.5 Å². The lowest BCUT2D eigenvalue weighted by molar-refractivity contribution is -0.146. The van der Waals surface area contributed by atoms with Crippen molar-refractivity contribution in [2.75, 3.05) is 0 Å². The smallest absolute Gasteiger partial charge is 0.484 e. The normalized spacial score (nSPS) is 11.1. The van der Waals surface area contributed by atoms with Crippen LogP contribution in [0.25, 0.3) is 0 Å². The summed E-state index contributed by atoms with van der Waals surface area (Å²) in [6.45, 7) is 0. The number of carbonyl (C=O) groups is 1. The number of halogens is 3. The molecule has 0 saturated carbocycles. The van der Waals surface area contributed by atoms with Crippen LogP contribution in [0.15, 0.2) is 24.3 Å². The highest BCUT2D eigenvalue weighted by atomic mass is 19.4. The first-order valence-corrected chi connectivity index (χ1v) is 3.57. The minimum atomic E-state index is -4.79. The van der Waals surface area contributed by atoms with Crippen LogP contribution in [0.1, 0.15) is 10.4 Å². The van der Waals surface area contributed by atoms with Crippen LogP contribution in [-0.2, 0) is 0 Å². The number of amides is 1. The van der Waals surface area contributed by atoms with E-state index in [-0.39, 0.29) is 0 Å². The van der Waals surface area contributed by atoms with Gasteiger partial charge in [0.15, 0.2) is 0 Å². The standard InChI is InChI=1S/C8H6F3NO2/c9-8(10,11)12-7(14)5-3-1-2-4-6(5)13/h1-4,13H,(H,12,14). The largest absolute Gasteiger partial charge is 0.507 e. The second-order valence-corrected chi connectivity index (χ2v) is 2.47. The number of aromatic hydroxyl groups is 1. The highest BCUT2D eigenvalue weighted by molar-refractivity contribution is 5.96. The van der Waals surface area contributed by atoms with Gasteiger partial charge in [-0.25, -0.2) is 0 Å². The Hall–Kier alpha value is -1.72. The SMILES string of the molecule is O=C(NC(F)(F)F)c1ccccc1O. The summed E-state index contributed by atoms with van der Waals surface area (Å²) in [5, 5.41) is 9.83. The van der Waals surface area contributed by atoms with Crippen molar-refractivity contribution in [1.29, 1.82) is 0 Å². The first-order valence-electron chi connectivity index (χ1n) is 3.57. The van der Waals surface area contributed by atoms with E-state index in [4.69, 9.17) is 5.11 Å². The summed E-state index contributed by atoms with van der Waals surface area (Å²) in [6, 6.07) is 4.98. The molecule has 76 valence electrons. The van der Waals surface area contributed by atoms with Crippen LogP contribution in [0.2, 0.25) is 0 Å². The van der Waals surface area contributed by atoms with Crippen molar-refractivity contribution >= 4 is 5.91 Å². The molecule has 0 saturated heterocycles. The predicted molar refractivity (Wildman–Crippen MR) is 41.6 cm³/mol. The number of carbonyl (C=O) groups excluding carboxylic acids is 1. The molecule has 6 heteroatoms. The first-order chi connectivity index (χ1) is 6.40. The molecule has 0 spiro atoms. The summed E-state index contributed by atoms with van der Waals surface area (Å²) < 4.78 is 35.1. The Balaban J connectivity index is 2.86. The average molecular weight is 205 g/mol. The fraction of sp³-hybridized carbons (Fsp3) is 0.125. The maximum atomic E-state index is 11.7. The minimum absolute atomic E-state index is 0.412. The number of para-hydroxylation sites is 1. The van der Waals surface area contributed by atoms with E-state index in [1.165, 1.54) is 12.1 Å². The molecule has 0 aliphatic carbocycles. The number of hydrogen-bond acceptors (Lipinski definition) is 2. The van der Waals surface area contributed by atoms with Gasteiger partial charge in [0.1, 0.15) is 5.75 Å². The fourth-order valence-corrected chi connectivity index (χ4v) is 0.862. The Kier molecular flexibility index (Phi) is 2.64. The van der Waals surface area contributed by atoms with Crippen LogP contribution in [0, 0.1) is 0 Å². The lowest BCUT2D eigenvalue weighted by Crippen LogP contribution is -2.37. The van der Waals surface area contributed by atoms with Crippen LogP contribution >= 0.6 is 0 Å². The highest BCUT2D eigenvalue weighted by Crippen LogP contribution is 2.17. The number of nitrogens with one attached hydrogen (secondary N) is 1. The van der Waals surface area contributed by atoms with Crippen LogP contribution in [-0.4, -0.2) is 17.3 Å².